The molecule has 0 aromatic heterocycles. The standard InChI is InChI=1S/C17H29N/c1-2-3-4-5-6-7-8-11-17(14-18)13-15-9-10-16(17)12-15/h15-16H,2-13H2,1H3. The predicted molar refractivity (Wildman–Crippen MR) is 76.1 cm³/mol. The molecule has 1 heteroatoms. The highest BCUT2D eigenvalue weighted by Crippen LogP contribution is 2.57. The van der Waals surface area contributed by atoms with Gasteiger partial charge in [0.15, 0.2) is 0 Å². The Hall–Kier alpha value is -0.510. The summed E-state index contributed by atoms with van der Waals surface area (Å²) in [7, 11) is 0. The van der Waals surface area contributed by atoms with Gasteiger partial charge in [-0.2, -0.15) is 5.26 Å². The van der Waals surface area contributed by atoms with Gasteiger partial charge in [0.25, 0.3) is 0 Å². The Morgan fingerprint density at radius 1 is 1.06 bits per heavy atom. The van der Waals surface area contributed by atoms with Crippen molar-refractivity contribution in [3.63, 3.8) is 0 Å². The van der Waals surface area contributed by atoms with Crippen LogP contribution in [0.2, 0.25) is 0 Å². The quantitative estimate of drug-likeness (QED) is 0.523. The van der Waals surface area contributed by atoms with Gasteiger partial charge in [-0.05, 0) is 37.5 Å². The minimum atomic E-state index is 0.104. The molecule has 2 rings (SSSR count). The van der Waals surface area contributed by atoms with Crippen LogP contribution in [0.4, 0.5) is 0 Å². The highest BCUT2D eigenvalue weighted by molar-refractivity contribution is 5.11. The van der Waals surface area contributed by atoms with Crippen molar-refractivity contribution in [2.45, 2.75) is 84.0 Å². The van der Waals surface area contributed by atoms with E-state index in [4.69, 9.17) is 0 Å². The van der Waals surface area contributed by atoms with E-state index in [0.717, 1.165) is 11.8 Å². The highest BCUT2D eigenvalue weighted by Gasteiger charge is 2.50. The Morgan fingerprint density at radius 3 is 2.33 bits per heavy atom. The number of rotatable bonds is 8. The van der Waals surface area contributed by atoms with Crippen LogP contribution in [-0.4, -0.2) is 0 Å². The van der Waals surface area contributed by atoms with E-state index in [0.29, 0.717) is 0 Å². The summed E-state index contributed by atoms with van der Waals surface area (Å²) in [6.45, 7) is 2.27. The van der Waals surface area contributed by atoms with Gasteiger partial charge < -0.3 is 0 Å². The first kappa shape index (κ1) is 13.9. The Morgan fingerprint density at radius 2 is 1.78 bits per heavy atom. The maximum absolute atomic E-state index is 9.56. The van der Waals surface area contributed by atoms with Crippen LogP contribution in [0, 0.1) is 28.6 Å². The molecule has 18 heavy (non-hydrogen) atoms. The molecule has 0 spiro atoms. The van der Waals surface area contributed by atoms with Crippen molar-refractivity contribution < 1.29 is 0 Å². The number of unbranched alkanes of at least 4 members (excludes halogenated alkanes) is 6. The van der Waals surface area contributed by atoms with Crippen LogP contribution in [-0.2, 0) is 0 Å². The van der Waals surface area contributed by atoms with E-state index < -0.39 is 0 Å². The van der Waals surface area contributed by atoms with Crippen LogP contribution >= 0.6 is 0 Å². The van der Waals surface area contributed by atoms with Gasteiger partial charge in [-0.25, -0.2) is 0 Å². The average Bonchev–Trinajstić information content (AvgIpc) is 2.98. The molecule has 0 N–H and O–H groups in total. The maximum Gasteiger partial charge on any atom is 0.0692 e. The van der Waals surface area contributed by atoms with E-state index >= 15 is 0 Å². The topological polar surface area (TPSA) is 23.8 Å². The van der Waals surface area contributed by atoms with Crippen molar-refractivity contribution >= 4 is 0 Å². The first-order valence-electron chi connectivity index (χ1n) is 8.22. The van der Waals surface area contributed by atoms with Gasteiger partial charge >= 0.3 is 0 Å². The van der Waals surface area contributed by atoms with Crippen molar-refractivity contribution in [3.05, 3.63) is 0 Å². The molecule has 0 aromatic carbocycles. The predicted octanol–water partition coefficient (Wildman–Crippen LogP) is 5.46. The van der Waals surface area contributed by atoms with Crippen LogP contribution in [0.5, 0.6) is 0 Å². The fraction of sp³-hybridized carbons (Fsp3) is 0.941. The van der Waals surface area contributed by atoms with Crippen molar-refractivity contribution in [2.75, 3.05) is 0 Å². The fourth-order valence-corrected chi connectivity index (χ4v) is 4.34. The van der Waals surface area contributed by atoms with Crippen molar-refractivity contribution in [1.29, 1.82) is 5.26 Å². The smallest absolute Gasteiger partial charge is 0.0692 e. The Balaban J connectivity index is 1.62. The number of hydrogen-bond acceptors (Lipinski definition) is 1. The number of hydrogen-bond donors (Lipinski definition) is 0. The van der Waals surface area contributed by atoms with Crippen LogP contribution in [0.3, 0.4) is 0 Å². The summed E-state index contributed by atoms with van der Waals surface area (Å²) < 4.78 is 0. The minimum absolute atomic E-state index is 0.104. The maximum atomic E-state index is 9.56. The van der Waals surface area contributed by atoms with Gasteiger partial charge in [-0.3, -0.25) is 0 Å². The lowest BCUT2D eigenvalue weighted by Crippen LogP contribution is -2.25. The van der Waals surface area contributed by atoms with E-state index in [1.54, 1.807) is 0 Å². The van der Waals surface area contributed by atoms with Crippen LogP contribution in [0.25, 0.3) is 0 Å². The van der Waals surface area contributed by atoms with Crippen LogP contribution < -0.4 is 0 Å². The number of nitrogens with zero attached hydrogens (tertiary/aromatic N) is 1. The molecule has 0 amide bonds. The zero-order valence-electron chi connectivity index (χ0n) is 12.1. The zero-order valence-corrected chi connectivity index (χ0v) is 12.1. The third-order valence-electron chi connectivity index (χ3n) is 5.42. The summed E-state index contributed by atoms with van der Waals surface area (Å²) in [5, 5.41) is 9.56. The van der Waals surface area contributed by atoms with E-state index in [9.17, 15) is 5.26 Å². The molecule has 2 fully saturated rings. The second-order valence-electron chi connectivity index (χ2n) is 6.72. The lowest BCUT2D eigenvalue weighted by atomic mass is 9.71. The second-order valence-corrected chi connectivity index (χ2v) is 6.72. The van der Waals surface area contributed by atoms with Crippen molar-refractivity contribution in [2.24, 2.45) is 17.3 Å². The lowest BCUT2D eigenvalue weighted by Gasteiger charge is -2.31. The normalized spacial score (nSPS) is 33.8. The van der Waals surface area contributed by atoms with E-state index in [1.807, 2.05) is 0 Å². The summed E-state index contributed by atoms with van der Waals surface area (Å²) in [5.41, 5.74) is 0.104. The van der Waals surface area contributed by atoms with E-state index in [-0.39, 0.29) is 5.41 Å². The molecule has 1 nitrogen and oxygen atoms in total. The lowest BCUT2D eigenvalue weighted by molar-refractivity contribution is 0.216. The first-order valence-corrected chi connectivity index (χ1v) is 8.22. The summed E-state index contributed by atoms with van der Waals surface area (Å²) >= 11 is 0. The second kappa shape index (κ2) is 6.60. The molecular formula is C17H29N. The minimum Gasteiger partial charge on any atom is -0.198 e. The monoisotopic (exact) mass is 247 g/mol. The molecule has 2 aliphatic rings. The fourth-order valence-electron chi connectivity index (χ4n) is 4.34. The average molecular weight is 247 g/mol. The first-order chi connectivity index (χ1) is 8.80. The van der Waals surface area contributed by atoms with Crippen LogP contribution in [0.1, 0.15) is 84.0 Å². The molecule has 3 unspecified atom stereocenters. The summed E-state index contributed by atoms with van der Waals surface area (Å²) in [5.74, 6) is 1.66. The van der Waals surface area contributed by atoms with Gasteiger partial charge in [0.1, 0.15) is 0 Å². The Kier molecular flexibility index (Phi) is 5.10. The Bertz CT molecular complexity index is 290. The SMILES string of the molecule is CCCCCCCCCC1(C#N)CC2CCC1C2. The molecule has 102 valence electrons. The third kappa shape index (κ3) is 3.08. The van der Waals surface area contributed by atoms with E-state index in [2.05, 4.69) is 13.0 Å². The third-order valence-corrected chi connectivity index (χ3v) is 5.42. The largest absolute Gasteiger partial charge is 0.198 e. The molecular weight excluding hydrogens is 218 g/mol. The van der Waals surface area contributed by atoms with Gasteiger partial charge in [-0.1, -0.05) is 58.3 Å². The summed E-state index contributed by atoms with van der Waals surface area (Å²) in [6.07, 6.45) is 16.1. The van der Waals surface area contributed by atoms with Crippen molar-refractivity contribution in [3.8, 4) is 6.07 Å². The molecule has 0 aliphatic heterocycles. The van der Waals surface area contributed by atoms with Gasteiger partial charge in [0.05, 0.1) is 11.5 Å². The zero-order chi connectivity index (χ0) is 12.8. The summed E-state index contributed by atoms with van der Waals surface area (Å²) in [6, 6.07) is 2.72. The molecule has 0 saturated heterocycles. The molecule has 2 saturated carbocycles. The summed E-state index contributed by atoms with van der Waals surface area (Å²) in [4.78, 5) is 0. The van der Waals surface area contributed by atoms with Gasteiger partial charge in [-0.15, -0.1) is 0 Å². The van der Waals surface area contributed by atoms with E-state index in [1.165, 1.54) is 77.0 Å². The molecule has 0 aromatic rings. The number of fused-ring (bicyclic) bond motifs is 2. The highest BCUT2D eigenvalue weighted by atomic mass is 14.5. The molecule has 2 aliphatic carbocycles. The number of nitriles is 1. The molecule has 0 radical (unpaired) electrons. The van der Waals surface area contributed by atoms with Gasteiger partial charge in [0, 0.05) is 0 Å². The van der Waals surface area contributed by atoms with Crippen LogP contribution in [0.15, 0.2) is 0 Å². The van der Waals surface area contributed by atoms with Crippen molar-refractivity contribution in [1.82, 2.24) is 0 Å². The molecule has 2 bridgehead atoms. The van der Waals surface area contributed by atoms with Gasteiger partial charge in [0.2, 0.25) is 0 Å². The Labute approximate surface area is 113 Å². The molecule has 3 atom stereocenters. The molecule has 0 heterocycles.